The van der Waals surface area contributed by atoms with Crippen LogP contribution in [0.15, 0.2) is 65.0 Å². The van der Waals surface area contributed by atoms with Crippen LogP contribution < -0.4 is 9.47 Å². The van der Waals surface area contributed by atoms with Crippen molar-refractivity contribution in [3.05, 3.63) is 70.4 Å². The molecule has 0 unspecified atom stereocenters. The Hall–Kier alpha value is -3.32. The molecule has 0 radical (unpaired) electrons. The summed E-state index contributed by atoms with van der Waals surface area (Å²) in [6.07, 6.45) is 0.475. The lowest BCUT2D eigenvalue weighted by Gasteiger charge is -2.36. The zero-order valence-corrected chi connectivity index (χ0v) is 18.1. The largest absolute Gasteiger partial charge is 0.497 e. The molecule has 5 rings (SSSR count). The van der Waals surface area contributed by atoms with E-state index in [1.54, 1.807) is 18.4 Å². The summed E-state index contributed by atoms with van der Waals surface area (Å²) in [6, 6.07) is 17.6. The van der Waals surface area contributed by atoms with Gasteiger partial charge < -0.3 is 19.3 Å². The highest BCUT2D eigenvalue weighted by atomic mass is 32.1. The highest BCUT2D eigenvalue weighted by molar-refractivity contribution is 7.10. The Morgan fingerprint density at radius 2 is 1.90 bits per heavy atom. The van der Waals surface area contributed by atoms with Crippen molar-refractivity contribution in [2.45, 2.75) is 6.42 Å². The molecule has 6 nitrogen and oxygen atoms in total. The predicted octanol–water partition coefficient (Wildman–Crippen LogP) is 4.33. The molecule has 0 spiro atoms. The fraction of sp³-hybridized carbons (Fsp3) is 0.250. The van der Waals surface area contributed by atoms with E-state index in [0.717, 1.165) is 52.3 Å². The normalized spacial score (nSPS) is 15.3. The molecule has 2 aromatic carbocycles. The Morgan fingerprint density at radius 1 is 1.06 bits per heavy atom. The van der Waals surface area contributed by atoms with E-state index in [4.69, 9.17) is 14.5 Å². The van der Waals surface area contributed by atoms with Crippen LogP contribution in [0.1, 0.15) is 10.4 Å². The number of para-hydroxylation sites is 2. The second-order valence-electron chi connectivity index (χ2n) is 7.49. The van der Waals surface area contributed by atoms with E-state index >= 15 is 0 Å². The van der Waals surface area contributed by atoms with Gasteiger partial charge in [0, 0.05) is 37.1 Å². The Morgan fingerprint density at radius 3 is 2.68 bits per heavy atom. The first-order valence-electron chi connectivity index (χ1n) is 10.3. The second-order valence-corrected chi connectivity index (χ2v) is 8.52. The van der Waals surface area contributed by atoms with Gasteiger partial charge in [0.15, 0.2) is 5.75 Å². The zero-order valence-electron chi connectivity index (χ0n) is 17.3. The van der Waals surface area contributed by atoms with Crippen LogP contribution in [0.2, 0.25) is 0 Å². The molecule has 7 heteroatoms. The molecule has 3 heterocycles. The van der Waals surface area contributed by atoms with Gasteiger partial charge in [0.1, 0.15) is 23.0 Å². The molecule has 31 heavy (non-hydrogen) atoms. The van der Waals surface area contributed by atoms with Gasteiger partial charge in [0.05, 0.1) is 19.1 Å². The molecule has 2 aliphatic heterocycles. The maximum Gasteiger partial charge on any atom is 0.227 e. The molecule has 1 fully saturated rings. The van der Waals surface area contributed by atoms with Crippen LogP contribution in [0.25, 0.3) is 0 Å². The summed E-state index contributed by atoms with van der Waals surface area (Å²) in [6.45, 7) is 2.81. The molecular weight excluding hydrogens is 410 g/mol. The van der Waals surface area contributed by atoms with Gasteiger partial charge in [-0.15, -0.1) is 11.3 Å². The lowest BCUT2D eigenvalue weighted by molar-refractivity contribution is -0.131. The van der Waals surface area contributed by atoms with Gasteiger partial charge in [0.2, 0.25) is 5.91 Å². The molecule has 0 N–H and O–H groups in total. The van der Waals surface area contributed by atoms with Crippen molar-refractivity contribution in [1.29, 1.82) is 0 Å². The SMILES string of the molecule is COc1ccc2c(c1)Oc1ccccc1N=C2N1CCN(C(=O)Cc2cccs2)CC1. The molecule has 3 aromatic rings. The molecule has 158 valence electrons. The van der Waals surface area contributed by atoms with Crippen molar-refractivity contribution in [2.75, 3.05) is 33.3 Å². The van der Waals surface area contributed by atoms with Crippen LogP contribution >= 0.6 is 11.3 Å². The third-order valence-corrected chi connectivity index (χ3v) is 6.46. The van der Waals surface area contributed by atoms with Crippen molar-refractivity contribution >= 4 is 28.8 Å². The number of hydrogen-bond donors (Lipinski definition) is 0. The van der Waals surface area contributed by atoms with Gasteiger partial charge in [-0.2, -0.15) is 0 Å². The van der Waals surface area contributed by atoms with Crippen molar-refractivity contribution in [1.82, 2.24) is 9.80 Å². The maximum absolute atomic E-state index is 12.7. The minimum Gasteiger partial charge on any atom is -0.497 e. The number of benzene rings is 2. The van der Waals surface area contributed by atoms with E-state index in [1.807, 2.05) is 64.9 Å². The third kappa shape index (κ3) is 4.01. The average Bonchev–Trinajstić information content (AvgIpc) is 3.25. The first kappa shape index (κ1) is 19.6. The number of rotatable bonds is 3. The molecule has 1 amide bonds. The minimum absolute atomic E-state index is 0.184. The molecule has 0 bridgehead atoms. The van der Waals surface area contributed by atoms with Gasteiger partial charge in [0.25, 0.3) is 0 Å². The lowest BCUT2D eigenvalue weighted by Crippen LogP contribution is -2.51. The summed E-state index contributed by atoms with van der Waals surface area (Å²) in [5, 5.41) is 2.01. The third-order valence-electron chi connectivity index (χ3n) is 5.58. The van der Waals surface area contributed by atoms with Gasteiger partial charge in [-0.1, -0.05) is 18.2 Å². The monoisotopic (exact) mass is 433 g/mol. The van der Waals surface area contributed by atoms with Crippen LogP contribution in [0, 0.1) is 0 Å². The number of fused-ring (bicyclic) bond motifs is 2. The van der Waals surface area contributed by atoms with Crippen molar-refractivity contribution in [3.63, 3.8) is 0 Å². The van der Waals surface area contributed by atoms with Crippen molar-refractivity contribution in [3.8, 4) is 17.2 Å². The average molecular weight is 434 g/mol. The first-order chi connectivity index (χ1) is 15.2. The summed E-state index contributed by atoms with van der Waals surface area (Å²) in [5.74, 6) is 3.23. The van der Waals surface area contributed by atoms with E-state index in [2.05, 4.69) is 4.90 Å². The molecule has 1 saturated heterocycles. The Bertz CT molecular complexity index is 1120. The number of amides is 1. The topological polar surface area (TPSA) is 54.4 Å². The van der Waals surface area contributed by atoms with Gasteiger partial charge in [-0.25, -0.2) is 4.99 Å². The van der Waals surface area contributed by atoms with Crippen LogP contribution in [0.3, 0.4) is 0 Å². The standard InChI is InChI=1S/C24H23N3O3S/c1-29-17-8-9-19-22(15-17)30-21-7-3-2-6-20(21)25-24(19)27-12-10-26(11-13-27)23(28)16-18-5-4-14-31-18/h2-9,14-15H,10-13,16H2,1H3. The van der Waals surface area contributed by atoms with Crippen LogP contribution in [0.4, 0.5) is 5.69 Å². The quantitative estimate of drug-likeness (QED) is 0.617. The van der Waals surface area contributed by atoms with Gasteiger partial charge in [-0.05, 0) is 35.7 Å². The molecular formula is C24H23N3O3S. The smallest absolute Gasteiger partial charge is 0.227 e. The summed E-state index contributed by atoms with van der Waals surface area (Å²) in [5.41, 5.74) is 1.72. The fourth-order valence-electron chi connectivity index (χ4n) is 3.91. The number of aliphatic imine (C=N–C) groups is 1. The number of methoxy groups -OCH3 is 1. The fourth-order valence-corrected chi connectivity index (χ4v) is 4.61. The van der Waals surface area contributed by atoms with Gasteiger partial charge >= 0.3 is 0 Å². The summed E-state index contributed by atoms with van der Waals surface area (Å²) < 4.78 is 11.6. The first-order valence-corrected chi connectivity index (χ1v) is 11.2. The van der Waals surface area contributed by atoms with Crippen molar-refractivity contribution < 1.29 is 14.3 Å². The number of carbonyl (C=O) groups excluding carboxylic acids is 1. The molecule has 2 aliphatic rings. The molecule has 0 saturated carbocycles. The molecule has 0 aliphatic carbocycles. The summed E-state index contributed by atoms with van der Waals surface area (Å²) in [4.78, 5) is 23.0. The highest BCUT2D eigenvalue weighted by Gasteiger charge is 2.27. The van der Waals surface area contributed by atoms with Gasteiger partial charge in [-0.3, -0.25) is 4.79 Å². The maximum atomic E-state index is 12.7. The van der Waals surface area contributed by atoms with Crippen molar-refractivity contribution in [2.24, 2.45) is 4.99 Å². The Kier molecular flexibility index (Phi) is 5.34. The number of piperazine rings is 1. The Labute approximate surface area is 185 Å². The van der Waals surface area contributed by atoms with E-state index < -0.39 is 0 Å². The number of thiophene rings is 1. The molecule has 1 aromatic heterocycles. The number of amidine groups is 1. The lowest BCUT2D eigenvalue weighted by atomic mass is 10.1. The Balaban J connectivity index is 1.39. The number of nitrogens with zero attached hydrogens (tertiary/aromatic N) is 3. The van der Waals surface area contributed by atoms with E-state index in [0.29, 0.717) is 19.5 Å². The number of hydrogen-bond acceptors (Lipinski definition) is 6. The van der Waals surface area contributed by atoms with E-state index in [1.165, 1.54) is 0 Å². The van der Waals surface area contributed by atoms with Crippen LogP contribution in [0.5, 0.6) is 17.2 Å². The van der Waals surface area contributed by atoms with Crippen LogP contribution in [-0.4, -0.2) is 54.8 Å². The summed E-state index contributed by atoms with van der Waals surface area (Å²) >= 11 is 1.63. The summed E-state index contributed by atoms with van der Waals surface area (Å²) in [7, 11) is 1.65. The molecule has 0 atom stereocenters. The number of ether oxygens (including phenoxy) is 2. The second kappa shape index (κ2) is 8.43. The minimum atomic E-state index is 0.184. The number of carbonyl (C=O) groups is 1. The highest BCUT2D eigenvalue weighted by Crippen LogP contribution is 2.39. The van der Waals surface area contributed by atoms with E-state index in [9.17, 15) is 4.79 Å². The predicted molar refractivity (Wildman–Crippen MR) is 122 cm³/mol. The van der Waals surface area contributed by atoms with Crippen LogP contribution in [-0.2, 0) is 11.2 Å². The van der Waals surface area contributed by atoms with E-state index in [-0.39, 0.29) is 5.91 Å². The zero-order chi connectivity index (χ0) is 21.2.